The number of fused-ring (bicyclic) bond motifs is 1. The van der Waals surface area contributed by atoms with Crippen molar-refractivity contribution in [3.8, 4) is 0 Å². The lowest BCUT2D eigenvalue weighted by Gasteiger charge is -2.24. The number of piperidine rings is 1. The summed E-state index contributed by atoms with van der Waals surface area (Å²) < 4.78 is 1.15. The van der Waals surface area contributed by atoms with Gasteiger partial charge in [0.1, 0.15) is 0 Å². The normalized spacial score (nSPS) is 22.2. The fraction of sp³-hybridized carbons (Fsp3) is 0.458. The number of aromatic nitrogens is 1. The molecule has 31 heavy (non-hydrogen) atoms. The molecule has 2 N–H and O–H groups in total. The van der Waals surface area contributed by atoms with Gasteiger partial charge in [-0.3, -0.25) is 10.4 Å². The lowest BCUT2D eigenvalue weighted by Crippen LogP contribution is -2.34. The Kier molecular flexibility index (Phi) is 7.14. The maximum Gasteiger partial charge on any atom is 0.156 e. The van der Waals surface area contributed by atoms with Gasteiger partial charge in [0.15, 0.2) is 5.17 Å². The van der Waals surface area contributed by atoms with Gasteiger partial charge >= 0.3 is 0 Å². The van der Waals surface area contributed by atoms with Crippen molar-refractivity contribution in [2.45, 2.75) is 25.2 Å². The highest BCUT2D eigenvalue weighted by molar-refractivity contribution is 9.10. The number of likely N-dealkylation sites (N-methyl/N-ethyl adjacent to an activating group) is 1. The fourth-order valence-corrected chi connectivity index (χ4v) is 5.79. The maximum atomic E-state index is 8.45. The predicted molar refractivity (Wildman–Crippen MR) is 133 cm³/mol. The number of nitrogens with zero attached hydrogens (tertiary/aromatic N) is 3. The molecule has 2 aliphatic rings. The summed E-state index contributed by atoms with van der Waals surface area (Å²) in [7, 11) is 0. The zero-order valence-corrected chi connectivity index (χ0v) is 20.4. The predicted octanol–water partition coefficient (Wildman–Crippen LogP) is 4.87. The zero-order chi connectivity index (χ0) is 21.8. The van der Waals surface area contributed by atoms with Crippen LogP contribution in [-0.2, 0) is 5.41 Å². The first-order valence-corrected chi connectivity index (χ1v) is 12.7. The molecule has 0 bridgehead atoms. The van der Waals surface area contributed by atoms with E-state index in [1.807, 2.05) is 24.0 Å². The van der Waals surface area contributed by atoms with E-state index in [0.29, 0.717) is 22.8 Å². The molecule has 2 unspecified atom stereocenters. The summed E-state index contributed by atoms with van der Waals surface area (Å²) in [5.41, 5.74) is 3.22. The van der Waals surface area contributed by atoms with Crippen molar-refractivity contribution in [2.75, 3.05) is 38.5 Å². The highest BCUT2D eigenvalue weighted by atomic mass is 79.9. The lowest BCUT2D eigenvalue weighted by atomic mass is 9.95. The van der Waals surface area contributed by atoms with Crippen LogP contribution in [0.15, 0.2) is 53.3 Å². The van der Waals surface area contributed by atoms with E-state index in [1.54, 1.807) is 24.2 Å². The van der Waals surface area contributed by atoms with Crippen molar-refractivity contribution in [3.05, 3.63) is 64.4 Å². The van der Waals surface area contributed by atoms with Gasteiger partial charge in [0.05, 0.1) is 12.3 Å². The van der Waals surface area contributed by atoms with Gasteiger partial charge in [-0.15, -0.1) is 0 Å². The Morgan fingerprint density at radius 3 is 2.81 bits per heavy atom. The summed E-state index contributed by atoms with van der Waals surface area (Å²) in [5.74, 6) is 1.76. The standard InChI is InChI=1S/C24H30BrN5S/c1-2-30(16-22(26)18-5-3-10-28-14-18)23(27)31-12-4-11-29-15-20-13-24(20,17-29)19-6-8-21(25)9-7-19/h3,5-10,14,20,26-27H,2,4,11-13,15-17H2,1H3. The fourth-order valence-electron chi connectivity index (χ4n) is 4.68. The summed E-state index contributed by atoms with van der Waals surface area (Å²) in [4.78, 5) is 8.67. The average Bonchev–Trinajstić information content (AvgIpc) is 3.36. The number of pyridine rings is 1. The van der Waals surface area contributed by atoms with E-state index in [0.717, 1.165) is 41.2 Å². The third-order valence-corrected chi connectivity index (χ3v) is 8.07. The smallest absolute Gasteiger partial charge is 0.156 e. The van der Waals surface area contributed by atoms with Gasteiger partial charge < -0.3 is 15.2 Å². The minimum absolute atomic E-state index is 0.395. The lowest BCUT2D eigenvalue weighted by molar-refractivity contribution is 0.299. The molecule has 4 rings (SSSR count). The Morgan fingerprint density at radius 1 is 1.29 bits per heavy atom. The molecular weight excluding hydrogens is 470 g/mol. The molecule has 0 spiro atoms. The number of benzene rings is 1. The first-order valence-electron chi connectivity index (χ1n) is 10.9. The Morgan fingerprint density at radius 2 is 2.10 bits per heavy atom. The van der Waals surface area contributed by atoms with Crippen LogP contribution in [0.3, 0.4) is 0 Å². The largest absolute Gasteiger partial charge is 0.346 e. The third-order valence-electron chi connectivity index (χ3n) is 6.52. The number of halogens is 1. The van der Waals surface area contributed by atoms with Gasteiger partial charge in [0, 0.05) is 53.2 Å². The summed E-state index contributed by atoms with van der Waals surface area (Å²) in [5, 5.41) is 17.3. The van der Waals surface area contributed by atoms with Gasteiger partial charge in [-0.1, -0.05) is 45.9 Å². The number of hydrogen-bond donors (Lipinski definition) is 2. The molecule has 1 saturated carbocycles. The number of rotatable bonds is 9. The van der Waals surface area contributed by atoms with Crippen molar-refractivity contribution in [1.82, 2.24) is 14.8 Å². The van der Waals surface area contributed by atoms with E-state index < -0.39 is 0 Å². The van der Waals surface area contributed by atoms with E-state index in [-0.39, 0.29) is 0 Å². The van der Waals surface area contributed by atoms with Gasteiger partial charge in [0.2, 0.25) is 0 Å². The Labute approximate surface area is 197 Å². The van der Waals surface area contributed by atoms with Crippen LogP contribution < -0.4 is 0 Å². The second kappa shape index (κ2) is 9.84. The van der Waals surface area contributed by atoms with Crippen LogP contribution in [0, 0.1) is 16.7 Å². The second-order valence-corrected chi connectivity index (χ2v) is 10.5. The number of amidine groups is 1. The molecule has 5 nitrogen and oxygen atoms in total. The highest BCUT2D eigenvalue weighted by Crippen LogP contribution is 2.59. The van der Waals surface area contributed by atoms with Gasteiger partial charge in [0.25, 0.3) is 0 Å². The minimum Gasteiger partial charge on any atom is -0.346 e. The first kappa shape index (κ1) is 22.5. The van der Waals surface area contributed by atoms with Crippen LogP contribution in [-0.4, -0.2) is 64.1 Å². The van der Waals surface area contributed by atoms with E-state index in [9.17, 15) is 0 Å². The van der Waals surface area contributed by atoms with Gasteiger partial charge in [-0.25, -0.2) is 0 Å². The first-order chi connectivity index (χ1) is 15.0. The number of nitrogens with one attached hydrogen (secondary N) is 2. The van der Waals surface area contributed by atoms with Crippen LogP contribution in [0.25, 0.3) is 0 Å². The number of likely N-dealkylation sites (tertiary alicyclic amines) is 1. The van der Waals surface area contributed by atoms with Crippen LogP contribution in [0.4, 0.5) is 0 Å². The Hall–Kier alpha value is -1.70. The minimum atomic E-state index is 0.395. The van der Waals surface area contributed by atoms with Crippen molar-refractivity contribution in [3.63, 3.8) is 0 Å². The molecule has 0 radical (unpaired) electrons. The number of thioether (sulfide) groups is 1. The third kappa shape index (κ3) is 5.21. The SMILES string of the molecule is CCN(CC(=N)c1cccnc1)C(=N)SCCCN1CC2CC2(c2ccc(Br)cc2)C1. The van der Waals surface area contributed by atoms with Gasteiger partial charge in [-0.2, -0.15) is 0 Å². The summed E-state index contributed by atoms with van der Waals surface area (Å²) in [6.07, 6.45) is 5.86. The monoisotopic (exact) mass is 499 g/mol. The second-order valence-electron chi connectivity index (χ2n) is 8.54. The molecular formula is C24H30BrN5S. The molecule has 2 aromatic rings. The molecule has 1 aromatic carbocycles. The summed E-state index contributed by atoms with van der Waals surface area (Å²) in [6, 6.07) is 12.7. The molecule has 7 heteroatoms. The molecule has 1 saturated heterocycles. The molecule has 2 fully saturated rings. The topological polar surface area (TPSA) is 67.1 Å². The van der Waals surface area contributed by atoms with Crippen LogP contribution in [0.5, 0.6) is 0 Å². The van der Waals surface area contributed by atoms with Gasteiger partial charge in [-0.05, 0) is 56.0 Å². The summed E-state index contributed by atoms with van der Waals surface area (Å²) in [6.45, 7) is 6.72. The van der Waals surface area contributed by atoms with Crippen LogP contribution in [0.1, 0.15) is 30.9 Å². The van der Waals surface area contributed by atoms with E-state index in [1.165, 1.54) is 25.1 Å². The molecule has 1 aromatic heterocycles. The average molecular weight is 501 g/mol. The highest BCUT2D eigenvalue weighted by Gasteiger charge is 2.60. The van der Waals surface area contributed by atoms with E-state index in [2.05, 4.69) is 50.1 Å². The Balaban J connectivity index is 1.19. The van der Waals surface area contributed by atoms with Crippen LogP contribution in [0.2, 0.25) is 0 Å². The van der Waals surface area contributed by atoms with Crippen molar-refractivity contribution in [2.24, 2.45) is 5.92 Å². The van der Waals surface area contributed by atoms with Crippen molar-refractivity contribution in [1.29, 1.82) is 10.8 Å². The summed E-state index contributed by atoms with van der Waals surface area (Å²) >= 11 is 5.15. The molecule has 1 aliphatic carbocycles. The molecule has 2 atom stereocenters. The molecule has 0 amide bonds. The molecule has 1 aliphatic heterocycles. The Bertz CT molecular complexity index is 919. The van der Waals surface area contributed by atoms with E-state index in [4.69, 9.17) is 10.8 Å². The van der Waals surface area contributed by atoms with Crippen molar-refractivity contribution < 1.29 is 0 Å². The quantitative estimate of drug-likeness (QED) is 0.293. The maximum absolute atomic E-state index is 8.45. The van der Waals surface area contributed by atoms with Crippen molar-refractivity contribution >= 4 is 38.6 Å². The number of hydrogen-bond acceptors (Lipinski definition) is 5. The molecule has 164 valence electrons. The molecule has 2 heterocycles. The zero-order valence-electron chi connectivity index (χ0n) is 18.0. The van der Waals surface area contributed by atoms with Crippen LogP contribution >= 0.6 is 27.7 Å². The van der Waals surface area contributed by atoms with E-state index >= 15 is 0 Å².